The fraction of sp³-hybridized carbons (Fsp3) is 0.737. The van der Waals surface area contributed by atoms with Crippen molar-refractivity contribution in [2.75, 3.05) is 19.7 Å². The van der Waals surface area contributed by atoms with E-state index in [1.165, 1.54) is 17.1 Å². The van der Waals surface area contributed by atoms with Gasteiger partial charge in [0.25, 0.3) is 11.8 Å². The minimum absolute atomic E-state index is 0.0289. The molecule has 2 saturated heterocycles. The van der Waals surface area contributed by atoms with E-state index in [2.05, 4.69) is 10.6 Å². The third kappa shape index (κ3) is 10.2. The van der Waals surface area contributed by atoms with E-state index < -0.39 is 48.5 Å². The average molecular weight is 745 g/mol. The van der Waals surface area contributed by atoms with Gasteiger partial charge in [-0.2, -0.15) is 0 Å². The molecule has 9 atom stereocenters. The van der Waals surface area contributed by atoms with Crippen LogP contribution in [0, 0.1) is 23.7 Å². The van der Waals surface area contributed by atoms with Crippen molar-refractivity contribution in [2.45, 2.75) is 134 Å². The van der Waals surface area contributed by atoms with Gasteiger partial charge in [-0.25, -0.2) is 0 Å². The van der Waals surface area contributed by atoms with E-state index in [9.17, 15) is 44.1 Å². The van der Waals surface area contributed by atoms with Crippen molar-refractivity contribution >= 4 is 35.4 Å². The molecule has 1 saturated carbocycles. The van der Waals surface area contributed by atoms with E-state index in [4.69, 9.17) is 9.47 Å². The fourth-order valence-corrected chi connectivity index (χ4v) is 8.26. The first-order valence-corrected chi connectivity index (χ1v) is 19.3. The summed E-state index contributed by atoms with van der Waals surface area (Å²) in [5, 5.41) is 36.7. The van der Waals surface area contributed by atoms with Crippen LogP contribution in [0.15, 0.2) is 24.3 Å². The van der Waals surface area contributed by atoms with E-state index in [1.54, 1.807) is 6.92 Å². The van der Waals surface area contributed by atoms with Crippen molar-refractivity contribution in [3.05, 3.63) is 24.3 Å². The molecule has 0 aromatic rings. The molecule has 0 bridgehead atoms. The Morgan fingerprint density at radius 3 is 1.79 bits per heavy atom. The number of nitrogens with one attached hydrogen (secondary N) is 2. The Morgan fingerprint density at radius 1 is 0.736 bits per heavy atom. The number of aliphatic hydroxyl groups excluding tert-OH is 3. The van der Waals surface area contributed by atoms with Gasteiger partial charge >= 0.3 is 0 Å². The van der Waals surface area contributed by atoms with Crippen molar-refractivity contribution in [3.8, 4) is 0 Å². The smallest absolute Gasteiger partial charge is 0.253 e. The number of carbonyl (C=O) groups is 6. The molecule has 6 amide bonds. The average Bonchev–Trinajstić information content (AvgIpc) is 3.58. The molecule has 5 N–H and O–H groups in total. The van der Waals surface area contributed by atoms with Crippen LogP contribution < -0.4 is 10.6 Å². The first-order valence-electron chi connectivity index (χ1n) is 19.3. The number of likely N-dealkylation sites (tertiary alicyclic amines) is 1. The van der Waals surface area contributed by atoms with Gasteiger partial charge in [-0.3, -0.25) is 38.6 Å². The maximum atomic E-state index is 13.6. The lowest BCUT2D eigenvalue weighted by Gasteiger charge is -2.40. The summed E-state index contributed by atoms with van der Waals surface area (Å²) >= 11 is 0. The van der Waals surface area contributed by atoms with Crippen LogP contribution in [0.5, 0.6) is 0 Å². The van der Waals surface area contributed by atoms with Crippen LogP contribution in [-0.4, -0.2) is 123 Å². The molecule has 3 fully saturated rings. The highest BCUT2D eigenvalue weighted by Crippen LogP contribution is 2.42. The topological polar surface area (TPSA) is 212 Å². The van der Waals surface area contributed by atoms with Crippen molar-refractivity contribution in [1.82, 2.24) is 20.4 Å². The number of ether oxygens (including phenoxy) is 2. The molecule has 0 radical (unpaired) electrons. The largest absolute Gasteiger partial charge is 0.388 e. The monoisotopic (exact) mass is 744 g/mol. The lowest BCUT2D eigenvalue weighted by molar-refractivity contribution is -0.295. The van der Waals surface area contributed by atoms with Crippen molar-refractivity contribution in [2.24, 2.45) is 23.7 Å². The van der Waals surface area contributed by atoms with Crippen molar-refractivity contribution in [1.29, 1.82) is 0 Å². The Labute approximate surface area is 310 Å². The first-order chi connectivity index (χ1) is 25.3. The van der Waals surface area contributed by atoms with E-state index in [0.29, 0.717) is 12.8 Å². The lowest BCUT2D eigenvalue weighted by Crippen LogP contribution is -2.57. The van der Waals surface area contributed by atoms with Crippen LogP contribution in [0.2, 0.25) is 0 Å². The van der Waals surface area contributed by atoms with Gasteiger partial charge in [0.15, 0.2) is 6.29 Å². The number of hydrogen-bond acceptors (Lipinski definition) is 11. The second-order valence-corrected chi connectivity index (χ2v) is 15.3. The highest BCUT2D eigenvalue weighted by molar-refractivity contribution is 6.12. The molecule has 15 heteroatoms. The van der Waals surface area contributed by atoms with Gasteiger partial charge in [0.2, 0.25) is 23.6 Å². The number of aliphatic hydroxyl groups is 3. The molecule has 0 aromatic heterocycles. The molecule has 294 valence electrons. The van der Waals surface area contributed by atoms with E-state index >= 15 is 0 Å². The molecule has 15 nitrogen and oxygen atoms in total. The summed E-state index contributed by atoms with van der Waals surface area (Å²) in [5.41, 5.74) is 0. The maximum absolute atomic E-state index is 13.6. The molecule has 5 rings (SSSR count). The zero-order valence-corrected chi connectivity index (χ0v) is 30.8. The number of imide groups is 2. The molecule has 0 aromatic carbocycles. The Hall–Kier alpha value is -3.50. The van der Waals surface area contributed by atoms with Gasteiger partial charge in [-0.15, -0.1) is 0 Å². The highest BCUT2D eigenvalue weighted by Gasteiger charge is 2.53. The first kappa shape index (κ1) is 40.7. The van der Waals surface area contributed by atoms with Crippen molar-refractivity contribution in [3.63, 3.8) is 0 Å². The number of carbonyl (C=O) groups excluding carboxylic acids is 6. The van der Waals surface area contributed by atoms with Crippen LogP contribution in [0.1, 0.15) is 90.9 Å². The summed E-state index contributed by atoms with van der Waals surface area (Å²) in [5.74, 6) is -3.30. The number of allylic oxidation sites excluding steroid dienone is 1. The highest BCUT2D eigenvalue weighted by atomic mass is 16.7. The summed E-state index contributed by atoms with van der Waals surface area (Å²) < 4.78 is 11.3. The van der Waals surface area contributed by atoms with Gasteiger partial charge in [0.1, 0.15) is 18.3 Å². The van der Waals surface area contributed by atoms with Gasteiger partial charge in [-0.1, -0.05) is 44.8 Å². The Morgan fingerprint density at radius 2 is 1.25 bits per heavy atom. The third-order valence-corrected chi connectivity index (χ3v) is 11.4. The Kier molecular flexibility index (Phi) is 14.4. The minimum Gasteiger partial charge on any atom is -0.388 e. The van der Waals surface area contributed by atoms with Gasteiger partial charge < -0.3 is 35.4 Å². The number of amides is 6. The number of rotatable bonds is 13. The molecule has 0 spiro atoms. The normalized spacial score (nSPS) is 35.1. The molecule has 2 aliphatic carbocycles. The third-order valence-electron chi connectivity index (χ3n) is 11.4. The van der Waals surface area contributed by atoms with Gasteiger partial charge in [-0.05, 0) is 51.4 Å². The lowest BCUT2D eigenvalue weighted by atomic mass is 9.72. The zero-order valence-electron chi connectivity index (χ0n) is 30.8. The quantitative estimate of drug-likeness (QED) is 0.132. The van der Waals surface area contributed by atoms with Crippen LogP contribution in [0.25, 0.3) is 0 Å². The Balaban J connectivity index is 1.01. The number of hydrogen-bond donors (Lipinski definition) is 5. The SMILES string of the molecule is CC1C=CC(CO[C@@H]2OC(C)[C@H](O)[C@H](O)C2O)C2C(=O)N(CCCC(=O)NC3CCCCC(NC(=O)CCCN4C(=O)C=CC4=O)CCCC3)C(=O)C12. The summed E-state index contributed by atoms with van der Waals surface area (Å²) in [6, 6.07) is 0.0992. The van der Waals surface area contributed by atoms with Crippen LogP contribution in [0.4, 0.5) is 0 Å². The zero-order chi connectivity index (χ0) is 38.2. The van der Waals surface area contributed by atoms with Gasteiger partial charge in [0, 0.05) is 56.1 Å². The summed E-state index contributed by atoms with van der Waals surface area (Å²) in [4.78, 5) is 78.4. The van der Waals surface area contributed by atoms with Crippen LogP contribution in [0.3, 0.4) is 0 Å². The number of nitrogens with zero attached hydrogens (tertiary/aromatic N) is 2. The summed E-state index contributed by atoms with van der Waals surface area (Å²) in [6.45, 7) is 3.78. The molecule has 3 aliphatic heterocycles. The molecule has 3 heterocycles. The minimum atomic E-state index is -1.47. The summed E-state index contributed by atoms with van der Waals surface area (Å²) in [6.07, 6.45) is 8.16. The van der Waals surface area contributed by atoms with E-state index in [1.807, 2.05) is 19.1 Å². The molecule has 6 unspecified atom stereocenters. The van der Waals surface area contributed by atoms with E-state index in [0.717, 1.165) is 56.3 Å². The second-order valence-electron chi connectivity index (χ2n) is 15.3. The molecular weight excluding hydrogens is 688 g/mol. The van der Waals surface area contributed by atoms with Crippen LogP contribution >= 0.6 is 0 Å². The van der Waals surface area contributed by atoms with Crippen LogP contribution in [-0.2, 0) is 38.2 Å². The Bertz CT molecular complexity index is 1390. The summed E-state index contributed by atoms with van der Waals surface area (Å²) in [7, 11) is 0. The second kappa shape index (κ2) is 18.7. The molecule has 5 aliphatic rings. The predicted molar refractivity (Wildman–Crippen MR) is 189 cm³/mol. The predicted octanol–water partition coefficient (Wildman–Crippen LogP) is 0.843. The number of fused-ring (bicyclic) bond motifs is 1. The van der Waals surface area contributed by atoms with E-state index in [-0.39, 0.29) is 86.0 Å². The maximum Gasteiger partial charge on any atom is 0.253 e. The standard InChI is InChI=1S/C38H56N4O11/c1-22-15-16-24(21-52-38-35(49)34(48)33(47)23(2)53-38)32-31(22)36(50)42(37(32)51)20-8-14-28(44)40-26-11-5-3-9-25(10-4-6-12-26)39-27(43)13-7-19-41-29(45)17-18-30(41)46/h15-18,22-26,31-35,38,47-49H,3-14,19-21H2,1-2H3,(H,39,43)(H,40,44)/t22?,23?,24?,25?,26?,31?,32?,33-,34-,35?,38+/m0/s1. The fourth-order valence-electron chi connectivity index (χ4n) is 8.26. The molecule has 53 heavy (non-hydrogen) atoms. The van der Waals surface area contributed by atoms with Gasteiger partial charge in [0.05, 0.1) is 24.5 Å². The molecular formula is C38H56N4O11. The van der Waals surface area contributed by atoms with Crippen molar-refractivity contribution < 1.29 is 53.6 Å².